The summed E-state index contributed by atoms with van der Waals surface area (Å²) in [5, 5.41) is -4.96. The second-order valence-electron chi connectivity index (χ2n) is 20.1. The van der Waals surface area contributed by atoms with E-state index in [1.807, 2.05) is 0 Å². The minimum atomic E-state index is -5.53. The quantitative estimate of drug-likeness (QED) is 0.101. The zero-order valence-corrected chi connectivity index (χ0v) is 46.2. The van der Waals surface area contributed by atoms with Crippen LogP contribution in [0.25, 0.3) is 139 Å². The monoisotopic (exact) mass is 1190 g/mol. The number of aromatic nitrogens is 6. The molecule has 5 aromatic heterocycles. The lowest BCUT2D eigenvalue weighted by atomic mass is 10.0. The van der Waals surface area contributed by atoms with Crippen LogP contribution in [0.4, 0.5) is 0 Å². The van der Waals surface area contributed by atoms with Crippen LogP contribution in [0.1, 0.15) is 52.1 Å². The molecule has 13 aromatic carbocycles. The van der Waals surface area contributed by atoms with E-state index >= 15 is 0 Å². The van der Waals surface area contributed by atoms with Crippen molar-refractivity contribution in [1.29, 1.82) is 0 Å². The molecule has 0 bridgehead atoms. The van der Waals surface area contributed by atoms with Gasteiger partial charge in [-0.2, -0.15) is 9.97 Å². The predicted octanol–water partition coefficient (Wildman–Crippen LogP) is 17.4. The molecule has 8 heteroatoms. The lowest BCUT2D eigenvalue weighted by molar-refractivity contribution is 0.669. The van der Waals surface area contributed by atoms with Crippen LogP contribution >= 0.6 is 0 Å². The van der Waals surface area contributed by atoms with Crippen LogP contribution in [0.2, 0.25) is 0 Å². The van der Waals surface area contributed by atoms with E-state index in [4.69, 9.17) is 34.4 Å². The Bertz CT molecular complexity index is 8050. The minimum Gasteiger partial charge on any atom is -0.456 e. The van der Waals surface area contributed by atoms with Crippen LogP contribution in [0.3, 0.4) is 0 Å². The van der Waals surface area contributed by atoms with E-state index in [1.165, 1.54) is 84.9 Å². The van der Waals surface area contributed by atoms with Gasteiger partial charge in [0.15, 0.2) is 19.7 Å². The van der Waals surface area contributed by atoms with E-state index in [0.29, 0.717) is 4.57 Å². The number of hydrogen-bond acceptors (Lipinski definition) is 4. The summed E-state index contributed by atoms with van der Waals surface area (Å²) in [6.07, 6.45) is 0. The van der Waals surface area contributed by atoms with Gasteiger partial charge in [0.1, 0.15) is 11.2 Å². The zero-order chi connectivity index (χ0) is 91.6. The summed E-state index contributed by atoms with van der Waals surface area (Å²) in [7, 11) is -5.53. The largest absolute Gasteiger partial charge is 0.456 e. The highest BCUT2D eigenvalue weighted by atomic mass is 28.3. The molecule has 0 unspecified atom stereocenters. The molecular weight excluding hydrogens is 1100 g/mol. The third-order valence-electron chi connectivity index (χ3n) is 15.5. The van der Waals surface area contributed by atoms with Crippen LogP contribution < -0.4 is 20.7 Å². The maximum absolute atomic E-state index is 11.2. The van der Waals surface area contributed by atoms with Gasteiger partial charge >= 0.3 is 0 Å². The average molecular weight is 1190 g/mol. The third-order valence-corrected chi connectivity index (χ3v) is 19.9. The molecule has 18 rings (SSSR count). The molecule has 0 saturated heterocycles. The summed E-state index contributed by atoms with van der Waals surface area (Å²) >= 11 is 0. The van der Waals surface area contributed by atoms with E-state index in [-0.39, 0.29) is 26.7 Å². The van der Waals surface area contributed by atoms with E-state index < -0.39 is 370 Å². The SMILES string of the molecule is [2H]c1c([2H])c([2H])c(-n2c3ccccc3c3c2c([2H])c([2H])c2c4c([2H])c([2H])c([2H])c([2H])c4n(-c4nc(-c5c([2H])c([2H])c([2H])c([Si](c6ccccc6)(c6ccccc6)c6c([2H])c([2H])c([2H])c(-c7c([2H])c([2H])c8oc9c([2H])c([2H])c([2H])c([2H])c9c8c7[2H])c6[2H])c5[2H])nc(-c5c([2H])c([2H])c([2H])c([2H])c5-n5c6c([2H])c([2H])c([2H])c([2H])c6c6c([2H])c([2H])c([2H])c([2H])c65)n4)c23)c([2H])c1[2H]. The Balaban J connectivity index is 1.07. The van der Waals surface area contributed by atoms with Gasteiger partial charge in [0.25, 0.3) is 0 Å². The van der Waals surface area contributed by atoms with Gasteiger partial charge in [-0.1, -0.05) is 242 Å². The molecule has 89 heavy (non-hydrogen) atoms. The van der Waals surface area contributed by atoms with Gasteiger partial charge in [-0.3, -0.25) is 4.57 Å². The van der Waals surface area contributed by atoms with E-state index in [1.54, 1.807) is 0 Å². The Hall–Kier alpha value is -11.7. The molecule has 0 fully saturated rings. The number of rotatable bonds is 10. The van der Waals surface area contributed by atoms with Gasteiger partial charge in [0.05, 0.1) is 90.9 Å². The van der Waals surface area contributed by atoms with Crippen molar-refractivity contribution in [3.63, 3.8) is 0 Å². The fourth-order valence-electron chi connectivity index (χ4n) is 11.8. The van der Waals surface area contributed by atoms with E-state index in [2.05, 4.69) is 0 Å². The van der Waals surface area contributed by atoms with Crippen LogP contribution in [0, 0.1) is 0 Å². The van der Waals surface area contributed by atoms with Crippen molar-refractivity contribution in [2.45, 2.75) is 0 Å². The second-order valence-corrected chi connectivity index (χ2v) is 23.8. The smallest absolute Gasteiger partial charge is 0.238 e. The molecule has 0 radical (unpaired) electrons. The topological polar surface area (TPSA) is 66.6 Å². The first-order valence-corrected chi connectivity index (χ1v) is 29.2. The molecule has 5 heterocycles. The molecule has 0 amide bonds. The number of fused-ring (bicyclic) bond motifs is 13. The van der Waals surface area contributed by atoms with Crippen molar-refractivity contribution < 1.29 is 56.5 Å². The maximum atomic E-state index is 11.2. The van der Waals surface area contributed by atoms with Gasteiger partial charge < -0.3 is 13.6 Å². The molecule has 416 valence electrons. The molecule has 7 nitrogen and oxygen atoms in total. The van der Waals surface area contributed by atoms with E-state index in [9.17, 15) is 37.0 Å². The van der Waals surface area contributed by atoms with Gasteiger partial charge in [-0.05, 0) is 104 Å². The fraction of sp³-hybridized carbons (Fsp3) is 0. The Kier molecular flexibility index (Phi) is 5.84. The lowest BCUT2D eigenvalue weighted by Crippen LogP contribution is -2.74. The molecule has 0 aliphatic heterocycles. The second kappa shape index (κ2) is 20.2. The molecule has 18 aromatic rings. The van der Waals surface area contributed by atoms with Crippen LogP contribution in [0.5, 0.6) is 0 Å². The highest BCUT2D eigenvalue weighted by Crippen LogP contribution is 2.43. The Morgan fingerprint density at radius 3 is 1.62 bits per heavy atom. The van der Waals surface area contributed by atoms with Crippen molar-refractivity contribution in [1.82, 2.24) is 28.7 Å². The zero-order valence-electron chi connectivity index (χ0n) is 83.2. The normalized spacial score (nSPS) is 18.0. The van der Waals surface area contributed by atoms with Crippen LogP contribution in [-0.4, -0.2) is 36.7 Å². The highest BCUT2D eigenvalue weighted by molar-refractivity contribution is 7.20. The van der Waals surface area contributed by atoms with Crippen molar-refractivity contribution in [3.8, 4) is 51.2 Å². The van der Waals surface area contributed by atoms with Crippen LogP contribution in [0.15, 0.2) is 319 Å². The minimum absolute atomic E-state index is 0.0134. The number of hydrogen-bond donors (Lipinski definition) is 0. The number of para-hydroxylation sites is 7. The van der Waals surface area contributed by atoms with Crippen molar-refractivity contribution in [3.05, 3.63) is 315 Å². The highest BCUT2D eigenvalue weighted by Gasteiger charge is 2.42. The van der Waals surface area contributed by atoms with E-state index in [0.717, 1.165) is 9.13 Å². The van der Waals surface area contributed by atoms with Gasteiger partial charge in [-0.15, -0.1) is 0 Å². The first kappa shape index (κ1) is 25.7. The maximum Gasteiger partial charge on any atom is 0.238 e. The van der Waals surface area contributed by atoms with Gasteiger partial charge in [0, 0.05) is 59.9 Å². The molecule has 0 spiro atoms. The number of furan rings is 1. The first-order chi connectivity index (χ1) is 60.0. The summed E-state index contributed by atoms with van der Waals surface area (Å²) in [4.78, 5) is 14.9. The molecule has 0 saturated carbocycles. The Morgan fingerprint density at radius 2 is 0.888 bits per heavy atom. The van der Waals surface area contributed by atoms with Gasteiger partial charge in [-0.25, -0.2) is 4.98 Å². The van der Waals surface area contributed by atoms with Crippen molar-refractivity contribution in [2.75, 3.05) is 0 Å². The lowest BCUT2D eigenvalue weighted by Gasteiger charge is -2.35. The Labute approximate surface area is 566 Å². The van der Waals surface area contributed by atoms with Crippen LogP contribution in [-0.2, 0) is 0 Å². The summed E-state index contributed by atoms with van der Waals surface area (Å²) < 4.78 is 373. The third kappa shape index (κ3) is 7.80. The molecule has 0 N–H and O–H groups in total. The number of nitrogens with zero attached hydrogens (tertiary/aromatic N) is 6. The Morgan fingerprint density at radius 1 is 0.326 bits per heavy atom. The summed E-state index contributed by atoms with van der Waals surface area (Å²) in [6.45, 7) is 0. The fourth-order valence-corrected chi connectivity index (χ4v) is 16.1. The van der Waals surface area contributed by atoms with Gasteiger partial charge in [0.2, 0.25) is 5.95 Å². The average Bonchev–Trinajstić information content (AvgIpc) is 1.60. The summed E-state index contributed by atoms with van der Waals surface area (Å²) in [6, 6.07) is -15.8. The molecule has 0 aliphatic carbocycles. The molecule has 0 atom stereocenters. The van der Waals surface area contributed by atoms with Crippen molar-refractivity contribution in [2.24, 2.45) is 0 Å². The predicted molar refractivity (Wildman–Crippen MR) is 370 cm³/mol. The summed E-state index contributed by atoms with van der Waals surface area (Å²) in [5.74, 6) is -3.26. The standard InChI is InChI=1S/C81H52N6OSi/c1-4-26-56(27-5-1)85-72-43-19-13-38-66(72)77-74(85)48-47-65-63-36-12-18-42-71(63)87(78(65)77)81-83-79(82-80(84-81)67-39-14-20-44-73(67)86-69-40-16-10-34-61(69)62-35-11-17-41-70(62)86)55-25-23-33-60(51-55)89(57-28-6-2-7-29-57,58-30-8-3-9-31-58)59-32-22-24-53(50-59)54-46-49-76-68(52-54)64-37-15-21-45-75(64)88-76/h1-52H/i1D,4D,5D,10D,11D,12D,14D,15D,16D,17D,18D,20D,21D,22D,23D,24D,25D,26D,27D,32D,33D,34D,35D,36D,37D,39D,40D,41D,42D,44D,45D,46D,47D,48D,49D,50D,51D,52D. The molecular formula is C81H52N6OSi. The summed E-state index contributed by atoms with van der Waals surface area (Å²) in [5.41, 5.74) is -9.51. The molecule has 0 aliphatic rings. The number of benzene rings is 13. The first-order valence-electron chi connectivity index (χ1n) is 46.2. The van der Waals surface area contributed by atoms with Crippen molar-refractivity contribution >= 4 is 116 Å².